The normalized spacial score (nSPS) is 13.0. The zero-order valence-corrected chi connectivity index (χ0v) is 12.6. The summed E-state index contributed by atoms with van der Waals surface area (Å²) in [7, 11) is 3.95. The number of carboxylic acid groups (broad SMARTS) is 1. The number of nitrogens with zero attached hydrogens (tertiary/aromatic N) is 3. The van der Waals surface area contributed by atoms with Crippen molar-refractivity contribution in [3.8, 4) is 5.75 Å². The number of carboxylic acids is 1. The lowest BCUT2D eigenvalue weighted by molar-refractivity contribution is -0.137. The highest BCUT2D eigenvalue weighted by atomic mass is 16.4. The van der Waals surface area contributed by atoms with E-state index >= 15 is 0 Å². The SMILES string of the molecule is CC(c1nc2cc(O)ccc2n1CCCC(=O)O)N(C)C. The van der Waals surface area contributed by atoms with E-state index in [1.165, 1.54) is 0 Å². The number of imidazole rings is 1. The third kappa shape index (κ3) is 3.33. The number of fused-ring (bicyclic) bond motifs is 1. The van der Waals surface area contributed by atoms with Crippen LogP contribution in [0.15, 0.2) is 18.2 Å². The van der Waals surface area contributed by atoms with Gasteiger partial charge in [0.15, 0.2) is 0 Å². The molecular weight excluding hydrogens is 270 g/mol. The van der Waals surface area contributed by atoms with Crippen LogP contribution >= 0.6 is 0 Å². The van der Waals surface area contributed by atoms with Crippen molar-refractivity contribution in [2.24, 2.45) is 0 Å². The number of aromatic nitrogens is 2. The molecule has 0 aliphatic rings. The summed E-state index contributed by atoms with van der Waals surface area (Å²) < 4.78 is 2.04. The second-order valence-corrected chi connectivity index (χ2v) is 5.43. The largest absolute Gasteiger partial charge is 0.508 e. The van der Waals surface area contributed by atoms with Gasteiger partial charge in [0.2, 0.25) is 0 Å². The van der Waals surface area contributed by atoms with Gasteiger partial charge in [-0.05, 0) is 39.6 Å². The van der Waals surface area contributed by atoms with Gasteiger partial charge >= 0.3 is 5.97 Å². The number of aromatic hydroxyl groups is 1. The number of hydrogen-bond acceptors (Lipinski definition) is 4. The van der Waals surface area contributed by atoms with Gasteiger partial charge < -0.3 is 14.8 Å². The monoisotopic (exact) mass is 291 g/mol. The average molecular weight is 291 g/mol. The van der Waals surface area contributed by atoms with Gasteiger partial charge in [-0.25, -0.2) is 4.98 Å². The summed E-state index contributed by atoms with van der Waals surface area (Å²) in [6.45, 7) is 2.65. The Labute approximate surface area is 123 Å². The van der Waals surface area contributed by atoms with Crippen LogP contribution < -0.4 is 0 Å². The number of benzene rings is 1. The number of hydrogen-bond donors (Lipinski definition) is 2. The van der Waals surface area contributed by atoms with Gasteiger partial charge in [-0.1, -0.05) is 0 Å². The average Bonchev–Trinajstić information content (AvgIpc) is 2.75. The number of rotatable bonds is 6. The fourth-order valence-corrected chi connectivity index (χ4v) is 2.31. The van der Waals surface area contributed by atoms with Crippen molar-refractivity contribution in [2.45, 2.75) is 32.4 Å². The van der Waals surface area contributed by atoms with Crippen molar-refractivity contribution in [1.82, 2.24) is 14.5 Å². The van der Waals surface area contributed by atoms with Crippen LogP contribution in [0.4, 0.5) is 0 Å². The Balaban J connectivity index is 2.42. The first kappa shape index (κ1) is 15.3. The Morgan fingerprint density at radius 3 is 2.76 bits per heavy atom. The van der Waals surface area contributed by atoms with Gasteiger partial charge in [0, 0.05) is 19.0 Å². The van der Waals surface area contributed by atoms with Crippen LogP contribution in [0.1, 0.15) is 31.6 Å². The maximum Gasteiger partial charge on any atom is 0.303 e. The molecule has 0 bridgehead atoms. The van der Waals surface area contributed by atoms with Crippen molar-refractivity contribution in [1.29, 1.82) is 0 Å². The summed E-state index contributed by atoms with van der Waals surface area (Å²) in [4.78, 5) is 17.4. The van der Waals surface area contributed by atoms with Gasteiger partial charge in [-0.3, -0.25) is 9.69 Å². The molecule has 2 N–H and O–H groups in total. The number of aliphatic carboxylic acids is 1. The van der Waals surface area contributed by atoms with E-state index in [0.717, 1.165) is 16.9 Å². The van der Waals surface area contributed by atoms with Crippen LogP contribution in [-0.2, 0) is 11.3 Å². The molecular formula is C15H21N3O3. The Morgan fingerprint density at radius 1 is 1.43 bits per heavy atom. The second kappa shape index (κ2) is 6.13. The zero-order chi connectivity index (χ0) is 15.6. The van der Waals surface area contributed by atoms with E-state index < -0.39 is 5.97 Å². The smallest absolute Gasteiger partial charge is 0.303 e. The molecule has 1 heterocycles. The molecule has 1 aromatic heterocycles. The Bertz CT molecular complexity index is 649. The van der Waals surface area contributed by atoms with E-state index in [1.54, 1.807) is 12.1 Å². The third-order valence-corrected chi connectivity index (χ3v) is 3.68. The van der Waals surface area contributed by atoms with Crippen LogP contribution in [0.2, 0.25) is 0 Å². The molecule has 6 nitrogen and oxygen atoms in total. The quantitative estimate of drug-likeness (QED) is 0.853. The topological polar surface area (TPSA) is 78.6 Å². The van der Waals surface area contributed by atoms with Crippen molar-refractivity contribution in [3.63, 3.8) is 0 Å². The number of phenols is 1. The summed E-state index contributed by atoms with van der Waals surface area (Å²) in [6, 6.07) is 5.19. The van der Waals surface area contributed by atoms with Gasteiger partial charge in [-0.15, -0.1) is 0 Å². The lowest BCUT2D eigenvalue weighted by Crippen LogP contribution is -2.21. The zero-order valence-electron chi connectivity index (χ0n) is 12.6. The third-order valence-electron chi connectivity index (χ3n) is 3.68. The van der Waals surface area contributed by atoms with Crippen molar-refractivity contribution < 1.29 is 15.0 Å². The van der Waals surface area contributed by atoms with E-state index in [0.29, 0.717) is 13.0 Å². The Morgan fingerprint density at radius 2 is 2.14 bits per heavy atom. The standard InChI is InChI=1S/C15H21N3O3/c1-10(17(2)3)15-16-12-9-11(19)6-7-13(12)18(15)8-4-5-14(20)21/h6-7,9-10,19H,4-5,8H2,1-3H3,(H,20,21). The minimum absolute atomic E-state index is 0.101. The maximum atomic E-state index is 10.7. The van der Waals surface area contributed by atoms with Gasteiger partial charge in [0.05, 0.1) is 17.1 Å². The van der Waals surface area contributed by atoms with Crippen molar-refractivity contribution in [2.75, 3.05) is 14.1 Å². The number of phenolic OH excluding ortho intramolecular Hbond substituents is 1. The van der Waals surface area contributed by atoms with E-state index in [4.69, 9.17) is 5.11 Å². The summed E-state index contributed by atoms with van der Waals surface area (Å²) in [5.74, 6) is 0.270. The van der Waals surface area contributed by atoms with Crippen LogP contribution in [0.25, 0.3) is 11.0 Å². The molecule has 2 aromatic rings. The fourth-order valence-electron chi connectivity index (χ4n) is 2.31. The van der Waals surface area contributed by atoms with E-state index in [1.807, 2.05) is 24.7 Å². The molecule has 114 valence electrons. The van der Waals surface area contributed by atoms with E-state index in [2.05, 4.69) is 16.8 Å². The lowest BCUT2D eigenvalue weighted by atomic mass is 10.2. The lowest BCUT2D eigenvalue weighted by Gasteiger charge is -2.20. The van der Waals surface area contributed by atoms with Crippen LogP contribution in [0.3, 0.4) is 0 Å². The summed E-state index contributed by atoms with van der Waals surface area (Å²) in [6.07, 6.45) is 0.683. The highest BCUT2D eigenvalue weighted by Crippen LogP contribution is 2.26. The van der Waals surface area contributed by atoms with Gasteiger partial charge in [-0.2, -0.15) is 0 Å². The molecule has 0 saturated heterocycles. The maximum absolute atomic E-state index is 10.7. The van der Waals surface area contributed by atoms with Crippen LogP contribution in [0.5, 0.6) is 5.75 Å². The molecule has 1 atom stereocenters. The molecule has 1 unspecified atom stereocenters. The van der Waals surface area contributed by atoms with Gasteiger partial charge in [0.25, 0.3) is 0 Å². The fraction of sp³-hybridized carbons (Fsp3) is 0.467. The number of carbonyl (C=O) groups is 1. The number of aryl methyl sites for hydroxylation is 1. The Kier molecular flexibility index (Phi) is 4.47. The molecule has 0 fully saturated rings. The van der Waals surface area contributed by atoms with Crippen molar-refractivity contribution in [3.05, 3.63) is 24.0 Å². The minimum Gasteiger partial charge on any atom is -0.508 e. The molecule has 0 radical (unpaired) electrons. The summed E-state index contributed by atoms with van der Waals surface area (Å²) in [5.41, 5.74) is 1.65. The predicted octanol–water partition coefficient (Wildman–Crippen LogP) is 2.23. The molecule has 0 amide bonds. The van der Waals surface area contributed by atoms with Crippen molar-refractivity contribution >= 4 is 17.0 Å². The molecule has 0 saturated carbocycles. The highest BCUT2D eigenvalue weighted by molar-refractivity contribution is 5.77. The Hall–Kier alpha value is -2.08. The highest BCUT2D eigenvalue weighted by Gasteiger charge is 2.18. The predicted molar refractivity (Wildman–Crippen MR) is 80.4 cm³/mol. The molecule has 0 aliphatic heterocycles. The molecule has 0 spiro atoms. The molecule has 2 rings (SSSR count). The molecule has 6 heteroatoms. The van der Waals surface area contributed by atoms with Gasteiger partial charge in [0.1, 0.15) is 11.6 Å². The molecule has 0 aliphatic carbocycles. The summed E-state index contributed by atoms with van der Waals surface area (Å²) in [5, 5.41) is 18.4. The van der Waals surface area contributed by atoms with Crippen LogP contribution in [-0.4, -0.2) is 44.7 Å². The second-order valence-electron chi connectivity index (χ2n) is 5.43. The molecule has 1 aromatic carbocycles. The first-order valence-corrected chi connectivity index (χ1v) is 6.97. The minimum atomic E-state index is -0.792. The first-order chi connectivity index (χ1) is 9.90. The molecule has 21 heavy (non-hydrogen) atoms. The van der Waals surface area contributed by atoms with E-state index in [-0.39, 0.29) is 18.2 Å². The van der Waals surface area contributed by atoms with Crippen LogP contribution in [0, 0.1) is 0 Å². The summed E-state index contributed by atoms with van der Waals surface area (Å²) >= 11 is 0. The first-order valence-electron chi connectivity index (χ1n) is 6.97. The van der Waals surface area contributed by atoms with E-state index in [9.17, 15) is 9.90 Å².